The van der Waals surface area contributed by atoms with E-state index in [0.29, 0.717) is 0 Å². The van der Waals surface area contributed by atoms with E-state index in [0.717, 1.165) is 0 Å². The Bertz CT molecular complexity index is 252. The summed E-state index contributed by atoms with van der Waals surface area (Å²) in [6.45, 7) is 8.95. The summed E-state index contributed by atoms with van der Waals surface area (Å²) < 4.78 is 0. The molecule has 0 aliphatic rings. The summed E-state index contributed by atoms with van der Waals surface area (Å²) in [5, 5.41) is 0. The zero-order chi connectivity index (χ0) is 9.90. The van der Waals surface area contributed by atoms with Crippen LogP contribution in [-0.2, 0) is 11.8 Å². The lowest BCUT2D eigenvalue weighted by Crippen LogP contribution is -2.11. The van der Waals surface area contributed by atoms with Gasteiger partial charge in [-0.15, -0.1) is 0 Å². The molecule has 1 nitrogen and oxygen atoms in total. The van der Waals surface area contributed by atoms with Gasteiger partial charge < -0.3 is 4.98 Å². The number of H-pyrrole nitrogens is 1. The predicted octanol–water partition coefficient (Wildman–Crippen LogP) is 3.65. The fraction of sp³-hybridized carbons (Fsp3) is 0.667. The summed E-state index contributed by atoms with van der Waals surface area (Å²) in [7, 11) is 0. The van der Waals surface area contributed by atoms with Crippen LogP contribution in [-0.4, -0.2) is 4.98 Å². The lowest BCUT2D eigenvalue weighted by molar-refractivity contribution is 0.570. The van der Waals surface area contributed by atoms with E-state index in [4.69, 9.17) is 0 Å². The lowest BCUT2D eigenvalue weighted by Gasteiger charge is -2.16. The monoisotopic (exact) mass is 179 g/mol. The first-order valence-electron chi connectivity index (χ1n) is 5.22. The van der Waals surface area contributed by atoms with Gasteiger partial charge in [-0.3, -0.25) is 0 Å². The Labute approximate surface area is 81.6 Å². The Hall–Kier alpha value is -0.720. The van der Waals surface area contributed by atoms with Crippen molar-refractivity contribution in [2.45, 2.75) is 52.4 Å². The summed E-state index contributed by atoms with van der Waals surface area (Å²) in [5.74, 6) is 0. The Morgan fingerprint density at radius 3 is 2.38 bits per heavy atom. The van der Waals surface area contributed by atoms with Crippen molar-refractivity contribution in [2.24, 2.45) is 0 Å². The third-order valence-corrected chi connectivity index (χ3v) is 2.35. The molecule has 1 heteroatoms. The van der Waals surface area contributed by atoms with Gasteiger partial charge in [-0.25, -0.2) is 0 Å². The normalized spacial score (nSPS) is 12.0. The van der Waals surface area contributed by atoms with Crippen molar-refractivity contribution in [1.82, 2.24) is 4.98 Å². The van der Waals surface area contributed by atoms with Crippen LogP contribution in [0.3, 0.4) is 0 Å². The van der Waals surface area contributed by atoms with E-state index in [1.807, 2.05) is 0 Å². The molecule has 0 aliphatic heterocycles. The van der Waals surface area contributed by atoms with Crippen molar-refractivity contribution in [2.75, 3.05) is 0 Å². The molecule has 0 saturated heterocycles. The van der Waals surface area contributed by atoms with Crippen LogP contribution >= 0.6 is 0 Å². The van der Waals surface area contributed by atoms with Gasteiger partial charge in [0, 0.05) is 16.8 Å². The average molecular weight is 179 g/mol. The van der Waals surface area contributed by atoms with Crippen LogP contribution < -0.4 is 0 Å². The van der Waals surface area contributed by atoms with Crippen LogP contribution in [0.4, 0.5) is 0 Å². The molecule has 0 amide bonds. The van der Waals surface area contributed by atoms with E-state index in [9.17, 15) is 0 Å². The highest BCUT2D eigenvalue weighted by atomic mass is 14.7. The van der Waals surface area contributed by atoms with Crippen LogP contribution in [0.15, 0.2) is 12.1 Å². The first-order valence-corrected chi connectivity index (χ1v) is 5.22. The van der Waals surface area contributed by atoms with Crippen LogP contribution in [0.25, 0.3) is 0 Å². The second-order valence-corrected chi connectivity index (χ2v) is 4.75. The smallest absolute Gasteiger partial charge is 0.0203 e. The molecule has 74 valence electrons. The molecule has 0 aliphatic carbocycles. The van der Waals surface area contributed by atoms with Crippen LogP contribution in [0.1, 0.15) is 51.9 Å². The third-order valence-electron chi connectivity index (χ3n) is 2.35. The van der Waals surface area contributed by atoms with Crippen LogP contribution in [0, 0.1) is 0 Å². The summed E-state index contributed by atoms with van der Waals surface area (Å²) in [6.07, 6.45) is 3.74. The number of hydrogen-bond donors (Lipinski definition) is 1. The minimum atomic E-state index is 0.254. The minimum absolute atomic E-state index is 0.254. The standard InChI is InChI=1S/C12H21N/c1-5-6-7-10-8-9-11(13-10)12(2,3)4/h8-9,13H,5-7H2,1-4H3. The van der Waals surface area contributed by atoms with E-state index < -0.39 is 0 Å². The number of aromatic nitrogens is 1. The van der Waals surface area contributed by atoms with Gasteiger partial charge in [0.2, 0.25) is 0 Å². The van der Waals surface area contributed by atoms with E-state index in [-0.39, 0.29) is 5.41 Å². The number of aryl methyl sites for hydroxylation is 1. The summed E-state index contributed by atoms with van der Waals surface area (Å²) in [6, 6.07) is 4.43. The molecular weight excluding hydrogens is 158 g/mol. The van der Waals surface area contributed by atoms with Crippen LogP contribution in [0.5, 0.6) is 0 Å². The molecule has 1 aromatic heterocycles. The summed E-state index contributed by atoms with van der Waals surface area (Å²) >= 11 is 0. The van der Waals surface area contributed by atoms with Gasteiger partial charge in [0.15, 0.2) is 0 Å². The zero-order valence-corrected chi connectivity index (χ0v) is 9.28. The Morgan fingerprint density at radius 2 is 1.92 bits per heavy atom. The minimum Gasteiger partial charge on any atom is -0.362 e. The molecule has 0 radical (unpaired) electrons. The van der Waals surface area contributed by atoms with Crippen molar-refractivity contribution >= 4 is 0 Å². The Kier molecular flexibility index (Phi) is 3.18. The Balaban J connectivity index is 2.64. The first-order chi connectivity index (χ1) is 6.04. The van der Waals surface area contributed by atoms with Crippen molar-refractivity contribution in [1.29, 1.82) is 0 Å². The number of aromatic amines is 1. The van der Waals surface area contributed by atoms with E-state index >= 15 is 0 Å². The fourth-order valence-corrected chi connectivity index (χ4v) is 1.39. The molecule has 0 atom stereocenters. The fourth-order valence-electron chi connectivity index (χ4n) is 1.39. The number of unbranched alkanes of at least 4 members (excludes halogenated alkanes) is 1. The van der Waals surface area contributed by atoms with Gasteiger partial charge in [-0.1, -0.05) is 34.1 Å². The van der Waals surface area contributed by atoms with Gasteiger partial charge in [-0.05, 0) is 25.0 Å². The van der Waals surface area contributed by atoms with Gasteiger partial charge in [-0.2, -0.15) is 0 Å². The molecule has 0 saturated carbocycles. The van der Waals surface area contributed by atoms with Gasteiger partial charge in [0.05, 0.1) is 0 Å². The van der Waals surface area contributed by atoms with Crippen molar-refractivity contribution in [3.8, 4) is 0 Å². The molecule has 1 heterocycles. The third kappa shape index (κ3) is 2.91. The highest BCUT2D eigenvalue weighted by Gasteiger charge is 2.14. The van der Waals surface area contributed by atoms with Gasteiger partial charge >= 0.3 is 0 Å². The van der Waals surface area contributed by atoms with Crippen molar-refractivity contribution in [3.63, 3.8) is 0 Å². The second kappa shape index (κ2) is 3.99. The SMILES string of the molecule is CCCCc1ccc(C(C)(C)C)[nH]1. The maximum Gasteiger partial charge on any atom is 0.0203 e. The molecule has 13 heavy (non-hydrogen) atoms. The summed E-state index contributed by atoms with van der Waals surface area (Å²) in [4.78, 5) is 3.49. The van der Waals surface area contributed by atoms with E-state index in [1.165, 1.54) is 30.7 Å². The molecule has 1 N–H and O–H groups in total. The molecule has 0 unspecified atom stereocenters. The summed E-state index contributed by atoms with van der Waals surface area (Å²) in [5.41, 5.74) is 2.98. The molecule has 0 fully saturated rings. The molecule has 0 aromatic carbocycles. The quantitative estimate of drug-likeness (QED) is 0.729. The maximum absolute atomic E-state index is 3.49. The first kappa shape index (κ1) is 10.4. The number of nitrogens with one attached hydrogen (secondary N) is 1. The highest BCUT2D eigenvalue weighted by molar-refractivity contribution is 5.19. The zero-order valence-electron chi connectivity index (χ0n) is 9.28. The number of rotatable bonds is 3. The molecule has 0 bridgehead atoms. The molecule has 0 spiro atoms. The van der Waals surface area contributed by atoms with Crippen LogP contribution in [0.2, 0.25) is 0 Å². The van der Waals surface area contributed by atoms with Gasteiger partial charge in [0.1, 0.15) is 0 Å². The maximum atomic E-state index is 3.49. The Morgan fingerprint density at radius 1 is 1.23 bits per heavy atom. The topological polar surface area (TPSA) is 15.8 Å². The predicted molar refractivity (Wildman–Crippen MR) is 58.1 cm³/mol. The van der Waals surface area contributed by atoms with Crippen molar-refractivity contribution < 1.29 is 0 Å². The highest BCUT2D eigenvalue weighted by Crippen LogP contribution is 2.21. The van der Waals surface area contributed by atoms with E-state index in [2.05, 4.69) is 44.8 Å². The largest absolute Gasteiger partial charge is 0.362 e. The molecule has 1 rings (SSSR count). The molecule has 1 aromatic rings. The van der Waals surface area contributed by atoms with Crippen molar-refractivity contribution in [3.05, 3.63) is 23.5 Å². The second-order valence-electron chi connectivity index (χ2n) is 4.75. The van der Waals surface area contributed by atoms with E-state index in [1.54, 1.807) is 0 Å². The number of hydrogen-bond acceptors (Lipinski definition) is 0. The lowest BCUT2D eigenvalue weighted by atomic mass is 9.93. The average Bonchev–Trinajstić information content (AvgIpc) is 2.47. The van der Waals surface area contributed by atoms with Gasteiger partial charge in [0.25, 0.3) is 0 Å². The molecular formula is C12H21N.